The Balaban J connectivity index is 0.00000121. The highest BCUT2D eigenvalue weighted by Crippen LogP contribution is 2.29. The van der Waals surface area contributed by atoms with E-state index >= 15 is 0 Å². The molecule has 1 aromatic heterocycles. The molecular weight excluding hydrogens is 327 g/mol. The summed E-state index contributed by atoms with van der Waals surface area (Å²) in [5, 5.41) is 7.48. The Kier molecular flexibility index (Phi) is 6.67. The molecule has 0 aliphatic carbocycles. The lowest BCUT2D eigenvalue weighted by Gasteiger charge is -2.40. The van der Waals surface area contributed by atoms with E-state index in [1.165, 1.54) is 0 Å². The highest BCUT2D eigenvalue weighted by Gasteiger charge is 2.38. The molecular formula is C14H24Cl2N4O2. The van der Waals surface area contributed by atoms with Gasteiger partial charge in [0.05, 0.1) is 25.4 Å². The summed E-state index contributed by atoms with van der Waals surface area (Å²) in [5.74, 6) is 0.209. The maximum atomic E-state index is 12.5. The third-order valence-corrected chi connectivity index (χ3v) is 4.26. The van der Waals surface area contributed by atoms with E-state index in [0.717, 1.165) is 24.9 Å². The van der Waals surface area contributed by atoms with Gasteiger partial charge in [0.25, 0.3) is 0 Å². The smallest absolute Gasteiger partial charge is 0.239 e. The van der Waals surface area contributed by atoms with Crippen molar-refractivity contribution in [3.05, 3.63) is 18.0 Å². The second-order valence-electron chi connectivity index (χ2n) is 5.89. The van der Waals surface area contributed by atoms with Crippen molar-refractivity contribution in [2.75, 3.05) is 26.2 Å². The standard InChI is InChI=1S/C14H22N4O2.2ClH/c1-14(11-8-16-17(2)9-11)10-18(6-7-20-14)13(19)12-4-3-5-15-12;;/h8-9,12,15H,3-7,10H2,1-2H3;2*1H. The molecule has 2 saturated heterocycles. The fourth-order valence-electron chi connectivity index (χ4n) is 3.04. The molecule has 2 aliphatic rings. The molecule has 126 valence electrons. The van der Waals surface area contributed by atoms with E-state index in [-0.39, 0.29) is 36.8 Å². The van der Waals surface area contributed by atoms with Crippen LogP contribution in [0.4, 0.5) is 0 Å². The van der Waals surface area contributed by atoms with Gasteiger partial charge >= 0.3 is 0 Å². The number of aromatic nitrogens is 2. The SMILES string of the molecule is Cl.Cl.Cn1cc(C2(C)CN(C(=O)C3CCCN3)CCO2)cn1. The highest BCUT2D eigenvalue weighted by atomic mass is 35.5. The van der Waals surface area contributed by atoms with E-state index in [9.17, 15) is 4.79 Å². The van der Waals surface area contributed by atoms with E-state index in [2.05, 4.69) is 10.4 Å². The maximum Gasteiger partial charge on any atom is 0.239 e. The number of carbonyl (C=O) groups excluding carboxylic acids is 1. The van der Waals surface area contributed by atoms with Crippen molar-refractivity contribution in [2.45, 2.75) is 31.4 Å². The summed E-state index contributed by atoms with van der Waals surface area (Å²) in [4.78, 5) is 14.4. The van der Waals surface area contributed by atoms with Crippen molar-refractivity contribution in [2.24, 2.45) is 7.05 Å². The number of ether oxygens (including phenoxy) is 1. The van der Waals surface area contributed by atoms with E-state index in [0.29, 0.717) is 19.7 Å². The van der Waals surface area contributed by atoms with Crippen LogP contribution in [0.3, 0.4) is 0 Å². The van der Waals surface area contributed by atoms with Crippen molar-refractivity contribution in [3.63, 3.8) is 0 Å². The summed E-state index contributed by atoms with van der Waals surface area (Å²) in [6, 6.07) is -0.00810. The third-order valence-electron chi connectivity index (χ3n) is 4.26. The summed E-state index contributed by atoms with van der Waals surface area (Å²) in [5.41, 5.74) is 0.567. The maximum absolute atomic E-state index is 12.5. The first kappa shape index (κ1) is 19.2. The van der Waals surface area contributed by atoms with Gasteiger partial charge in [-0.1, -0.05) is 0 Å². The molecule has 2 aliphatic heterocycles. The van der Waals surface area contributed by atoms with Gasteiger partial charge < -0.3 is 15.0 Å². The molecule has 0 spiro atoms. The average Bonchev–Trinajstić information content (AvgIpc) is 3.09. The van der Waals surface area contributed by atoms with Crippen LogP contribution in [0, 0.1) is 0 Å². The molecule has 6 nitrogen and oxygen atoms in total. The number of amides is 1. The minimum atomic E-state index is -0.458. The second-order valence-corrected chi connectivity index (χ2v) is 5.89. The van der Waals surface area contributed by atoms with E-state index < -0.39 is 5.60 Å². The van der Waals surface area contributed by atoms with Gasteiger partial charge in [-0.25, -0.2) is 0 Å². The van der Waals surface area contributed by atoms with Gasteiger partial charge in [-0.15, -0.1) is 24.8 Å². The molecule has 8 heteroatoms. The second kappa shape index (κ2) is 7.64. The Bertz CT molecular complexity index is 505. The highest BCUT2D eigenvalue weighted by molar-refractivity contribution is 5.85. The van der Waals surface area contributed by atoms with Crippen molar-refractivity contribution >= 4 is 30.7 Å². The van der Waals surface area contributed by atoms with Crippen molar-refractivity contribution in [3.8, 4) is 0 Å². The summed E-state index contributed by atoms with van der Waals surface area (Å²) in [6.07, 6.45) is 5.81. The summed E-state index contributed by atoms with van der Waals surface area (Å²) in [6.45, 7) is 4.82. The van der Waals surface area contributed by atoms with Crippen LogP contribution in [-0.4, -0.2) is 52.9 Å². The molecule has 0 aromatic carbocycles. The van der Waals surface area contributed by atoms with Gasteiger partial charge in [0.2, 0.25) is 5.91 Å². The quantitative estimate of drug-likeness (QED) is 0.867. The van der Waals surface area contributed by atoms with Gasteiger partial charge in [0.15, 0.2) is 0 Å². The molecule has 0 radical (unpaired) electrons. The first-order chi connectivity index (χ1) is 9.58. The molecule has 2 fully saturated rings. The summed E-state index contributed by atoms with van der Waals surface area (Å²) in [7, 11) is 1.89. The topological polar surface area (TPSA) is 59.4 Å². The number of nitrogens with one attached hydrogen (secondary N) is 1. The van der Waals surface area contributed by atoms with Gasteiger partial charge in [0.1, 0.15) is 5.60 Å². The zero-order valence-electron chi connectivity index (χ0n) is 12.9. The number of nitrogens with zero attached hydrogens (tertiary/aromatic N) is 3. The third kappa shape index (κ3) is 3.74. The monoisotopic (exact) mass is 350 g/mol. The normalized spacial score (nSPS) is 27.9. The molecule has 1 N–H and O–H groups in total. The fraction of sp³-hybridized carbons (Fsp3) is 0.714. The molecule has 1 aromatic rings. The molecule has 2 unspecified atom stereocenters. The molecule has 22 heavy (non-hydrogen) atoms. The first-order valence-electron chi connectivity index (χ1n) is 7.24. The van der Waals surface area contributed by atoms with Crippen LogP contribution < -0.4 is 5.32 Å². The molecule has 3 heterocycles. The van der Waals surface area contributed by atoms with Crippen LogP contribution in [0.25, 0.3) is 0 Å². The Labute approximate surface area is 143 Å². The van der Waals surface area contributed by atoms with Gasteiger partial charge in [-0.05, 0) is 26.3 Å². The van der Waals surface area contributed by atoms with Crippen molar-refractivity contribution < 1.29 is 9.53 Å². The number of carbonyl (C=O) groups is 1. The lowest BCUT2D eigenvalue weighted by atomic mass is 9.96. The Morgan fingerprint density at radius 2 is 2.27 bits per heavy atom. The predicted octanol–water partition coefficient (Wildman–Crippen LogP) is 1.09. The Morgan fingerprint density at radius 3 is 2.86 bits per heavy atom. The largest absolute Gasteiger partial charge is 0.367 e. The number of rotatable bonds is 2. The minimum absolute atomic E-state index is 0. The summed E-state index contributed by atoms with van der Waals surface area (Å²) < 4.78 is 7.71. The first-order valence-corrected chi connectivity index (χ1v) is 7.24. The van der Waals surface area contributed by atoms with Crippen LogP contribution in [0.15, 0.2) is 12.4 Å². The molecule has 3 rings (SSSR count). The zero-order valence-corrected chi connectivity index (χ0v) is 14.6. The summed E-state index contributed by atoms with van der Waals surface area (Å²) >= 11 is 0. The molecule has 0 saturated carbocycles. The average molecular weight is 351 g/mol. The van der Waals surface area contributed by atoms with Crippen LogP contribution in [0.2, 0.25) is 0 Å². The van der Waals surface area contributed by atoms with E-state index in [4.69, 9.17) is 4.74 Å². The van der Waals surface area contributed by atoms with Crippen LogP contribution in [-0.2, 0) is 22.2 Å². The van der Waals surface area contributed by atoms with Gasteiger partial charge in [-0.2, -0.15) is 5.10 Å². The number of hydrogen-bond acceptors (Lipinski definition) is 4. The Hall–Kier alpha value is -0.820. The van der Waals surface area contributed by atoms with Crippen LogP contribution >= 0.6 is 24.8 Å². The number of halogens is 2. The molecule has 0 bridgehead atoms. The van der Waals surface area contributed by atoms with Crippen LogP contribution in [0.1, 0.15) is 25.3 Å². The number of hydrogen-bond donors (Lipinski definition) is 1. The molecule has 1 amide bonds. The fourth-order valence-corrected chi connectivity index (χ4v) is 3.04. The zero-order chi connectivity index (χ0) is 14.2. The van der Waals surface area contributed by atoms with E-state index in [1.54, 1.807) is 4.68 Å². The lowest BCUT2D eigenvalue weighted by molar-refractivity contribution is -0.151. The minimum Gasteiger partial charge on any atom is -0.367 e. The Morgan fingerprint density at radius 1 is 1.50 bits per heavy atom. The van der Waals surface area contributed by atoms with Crippen LogP contribution in [0.5, 0.6) is 0 Å². The van der Waals surface area contributed by atoms with Gasteiger partial charge in [-0.3, -0.25) is 9.48 Å². The number of morpholine rings is 1. The van der Waals surface area contributed by atoms with Crippen molar-refractivity contribution in [1.29, 1.82) is 0 Å². The van der Waals surface area contributed by atoms with Gasteiger partial charge in [0, 0.05) is 25.4 Å². The predicted molar refractivity (Wildman–Crippen MR) is 88.6 cm³/mol. The van der Waals surface area contributed by atoms with E-state index in [1.807, 2.05) is 31.3 Å². The lowest BCUT2D eigenvalue weighted by Crippen LogP contribution is -2.54. The molecule has 2 atom stereocenters. The number of aryl methyl sites for hydroxylation is 1. The van der Waals surface area contributed by atoms with Crippen molar-refractivity contribution in [1.82, 2.24) is 20.0 Å².